The highest BCUT2D eigenvalue weighted by Gasteiger charge is 2.21. The van der Waals surface area contributed by atoms with Crippen LogP contribution < -0.4 is 5.32 Å². The van der Waals surface area contributed by atoms with Gasteiger partial charge in [0.05, 0.1) is 24.9 Å². The van der Waals surface area contributed by atoms with E-state index in [4.69, 9.17) is 14.5 Å². The zero-order chi connectivity index (χ0) is 13.0. The zero-order valence-electron chi connectivity index (χ0n) is 11.5. The molecule has 0 amide bonds. The maximum atomic E-state index is 5.47. The van der Waals surface area contributed by atoms with Crippen molar-refractivity contribution in [1.82, 2.24) is 14.9 Å². The topological polar surface area (TPSA) is 48.3 Å². The van der Waals surface area contributed by atoms with E-state index in [1.165, 1.54) is 11.4 Å². The molecule has 1 aliphatic rings. The van der Waals surface area contributed by atoms with Crippen LogP contribution in [0.4, 0.5) is 0 Å². The smallest absolute Gasteiger partial charge is 0.109 e. The van der Waals surface area contributed by atoms with Gasteiger partial charge in [0.2, 0.25) is 0 Å². The summed E-state index contributed by atoms with van der Waals surface area (Å²) in [5.74, 6) is 1.15. The van der Waals surface area contributed by atoms with Gasteiger partial charge in [-0.25, -0.2) is 4.98 Å². The van der Waals surface area contributed by atoms with Crippen molar-refractivity contribution in [1.29, 1.82) is 0 Å². The molecule has 0 spiro atoms. The van der Waals surface area contributed by atoms with E-state index >= 15 is 0 Å². The molecule has 1 aromatic heterocycles. The minimum atomic E-state index is 0.0912. The van der Waals surface area contributed by atoms with E-state index in [0.717, 1.165) is 38.3 Å². The zero-order valence-corrected chi connectivity index (χ0v) is 11.5. The van der Waals surface area contributed by atoms with Crippen molar-refractivity contribution in [3.8, 4) is 0 Å². The van der Waals surface area contributed by atoms with Gasteiger partial charge in [0, 0.05) is 45.8 Å². The molecule has 0 saturated carbocycles. The van der Waals surface area contributed by atoms with Crippen LogP contribution in [0.15, 0.2) is 0 Å². The van der Waals surface area contributed by atoms with Crippen molar-refractivity contribution in [2.45, 2.75) is 39.0 Å². The summed E-state index contributed by atoms with van der Waals surface area (Å²) >= 11 is 0. The van der Waals surface area contributed by atoms with E-state index in [0.29, 0.717) is 6.61 Å². The van der Waals surface area contributed by atoms with Crippen molar-refractivity contribution in [2.75, 3.05) is 27.4 Å². The summed E-state index contributed by atoms with van der Waals surface area (Å²) in [5.41, 5.74) is 2.56. The second-order valence-corrected chi connectivity index (χ2v) is 4.63. The highest BCUT2D eigenvalue weighted by Crippen LogP contribution is 2.17. The molecule has 0 fully saturated rings. The first-order chi connectivity index (χ1) is 8.80. The second-order valence-electron chi connectivity index (χ2n) is 4.63. The van der Waals surface area contributed by atoms with E-state index in [9.17, 15) is 0 Å². The largest absolute Gasteiger partial charge is 0.382 e. The molecule has 5 nitrogen and oxygen atoms in total. The molecule has 0 radical (unpaired) electrons. The van der Waals surface area contributed by atoms with Crippen LogP contribution in [0.3, 0.4) is 0 Å². The van der Waals surface area contributed by atoms with Gasteiger partial charge < -0.3 is 19.4 Å². The van der Waals surface area contributed by atoms with Gasteiger partial charge in [-0.2, -0.15) is 0 Å². The molecule has 18 heavy (non-hydrogen) atoms. The first kappa shape index (κ1) is 13.5. The Balaban J connectivity index is 2.21. The number of fused-ring (bicyclic) bond motifs is 1. The molecule has 0 aromatic carbocycles. The minimum absolute atomic E-state index is 0.0912. The molecular weight excluding hydrogens is 230 g/mol. The second kappa shape index (κ2) is 6.31. The third-order valence-electron chi connectivity index (χ3n) is 3.45. The van der Waals surface area contributed by atoms with Crippen LogP contribution in [-0.4, -0.2) is 43.0 Å². The number of imidazole rings is 1. The summed E-state index contributed by atoms with van der Waals surface area (Å²) in [6.45, 7) is 5.51. The molecular formula is C13H23N3O2. The molecule has 1 unspecified atom stereocenters. The highest BCUT2D eigenvalue weighted by atomic mass is 16.5. The van der Waals surface area contributed by atoms with Crippen LogP contribution in [0, 0.1) is 0 Å². The van der Waals surface area contributed by atoms with Crippen molar-refractivity contribution in [2.24, 2.45) is 0 Å². The molecule has 0 bridgehead atoms. The first-order valence-corrected chi connectivity index (χ1v) is 6.59. The van der Waals surface area contributed by atoms with Crippen LogP contribution >= 0.6 is 0 Å². The average molecular weight is 253 g/mol. The Hall–Kier alpha value is -0.910. The van der Waals surface area contributed by atoms with Gasteiger partial charge in [0.25, 0.3) is 0 Å². The average Bonchev–Trinajstić information content (AvgIpc) is 2.76. The Labute approximate surface area is 108 Å². The van der Waals surface area contributed by atoms with Crippen LogP contribution in [0.25, 0.3) is 0 Å². The van der Waals surface area contributed by atoms with Gasteiger partial charge in [-0.1, -0.05) is 6.92 Å². The maximum absolute atomic E-state index is 5.47. The van der Waals surface area contributed by atoms with Crippen LogP contribution in [0.1, 0.15) is 24.1 Å². The fraction of sp³-hybridized carbons (Fsp3) is 0.769. The molecule has 5 heteroatoms. The van der Waals surface area contributed by atoms with E-state index in [2.05, 4.69) is 16.8 Å². The van der Waals surface area contributed by atoms with Gasteiger partial charge in [0.15, 0.2) is 0 Å². The lowest BCUT2D eigenvalue weighted by molar-refractivity contribution is 0.0174. The highest BCUT2D eigenvalue weighted by molar-refractivity contribution is 5.20. The molecule has 0 aliphatic carbocycles. The van der Waals surface area contributed by atoms with Gasteiger partial charge in [-0.3, -0.25) is 0 Å². The normalized spacial score (nSPS) is 16.6. The van der Waals surface area contributed by atoms with E-state index < -0.39 is 0 Å². The fourth-order valence-electron chi connectivity index (χ4n) is 2.50. The van der Waals surface area contributed by atoms with Crippen molar-refractivity contribution >= 4 is 0 Å². The Morgan fingerprint density at radius 1 is 1.44 bits per heavy atom. The van der Waals surface area contributed by atoms with Gasteiger partial charge in [0.1, 0.15) is 5.82 Å². The summed E-state index contributed by atoms with van der Waals surface area (Å²) in [6.07, 6.45) is 2.09. The fourth-order valence-corrected chi connectivity index (χ4v) is 2.50. The van der Waals surface area contributed by atoms with E-state index in [-0.39, 0.29) is 6.10 Å². The molecule has 0 saturated heterocycles. The molecule has 1 aromatic rings. The van der Waals surface area contributed by atoms with E-state index in [1.54, 1.807) is 14.2 Å². The van der Waals surface area contributed by atoms with Crippen molar-refractivity contribution < 1.29 is 9.47 Å². The molecule has 1 atom stereocenters. The number of rotatable bonds is 6. The minimum Gasteiger partial charge on any atom is -0.382 e. The number of ether oxygens (including phenoxy) is 2. The van der Waals surface area contributed by atoms with Gasteiger partial charge in [-0.15, -0.1) is 0 Å². The lowest BCUT2D eigenvalue weighted by Crippen LogP contribution is -2.29. The number of nitrogens with one attached hydrogen (secondary N) is 1. The Morgan fingerprint density at radius 2 is 2.28 bits per heavy atom. The number of hydrogen-bond acceptors (Lipinski definition) is 4. The Bertz CT molecular complexity index is 390. The predicted octanol–water partition coefficient (Wildman–Crippen LogP) is 0.753. The molecule has 2 rings (SSSR count). The van der Waals surface area contributed by atoms with E-state index in [1.807, 2.05) is 0 Å². The summed E-state index contributed by atoms with van der Waals surface area (Å²) in [6, 6.07) is 0. The lowest BCUT2D eigenvalue weighted by Gasteiger charge is -2.20. The quantitative estimate of drug-likeness (QED) is 0.813. The number of nitrogens with zero attached hydrogens (tertiary/aromatic N) is 2. The SMILES string of the molecule is CCc1nc2c(n1CC(COC)OC)CCNC2. The molecule has 2 heterocycles. The third-order valence-corrected chi connectivity index (χ3v) is 3.45. The Kier molecular flexibility index (Phi) is 4.74. The van der Waals surface area contributed by atoms with Gasteiger partial charge in [-0.05, 0) is 0 Å². The summed E-state index contributed by atoms with van der Waals surface area (Å²) in [4.78, 5) is 4.72. The number of aromatic nitrogens is 2. The lowest BCUT2D eigenvalue weighted by atomic mass is 10.2. The number of methoxy groups -OCH3 is 2. The third kappa shape index (κ3) is 2.74. The predicted molar refractivity (Wildman–Crippen MR) is 69.7 cm³/mol. The molecule has 102 valence electrons. The van der Waals surface area contributed by atoms with Crippen LogP contribution in [0.2, 0.25) is 0 Å². The van der Waals surface area contributed by atoms with Crippen molar-refractivity contribution in [3.05, 3.63) is 17.2 Å². The summed E-state index contributed by atoms with van der Waals surface area (Å²) in [7, 11) is 3.44. The summed E-state index contributed by atoms with van der Waals surface area (Å²) < 4.78 is 13.0. The first-order valence-electron chi connectivity index (χ1n) is 6.59. The van der Waals surface area contributed by atoms with Crippen LogP contribution in [0.5, 0.6) is 0 Å². The number of aryl methyl sites for hydroxylation is 1. The standard InChI is InChI=1S/C13H23N3O2/c1-4-13-15-11-7-14-6-5-12(11)16(13)8-10(18-3)9-17-2/h10,14H,4-9H2,1-3H3. The van der Waals surface area contributed by atoms with Crippen LogP contribution in [-0.2, 0) is 35.4 Å². The maximum Gasteiger partial charge on any atom is 0.109 e. The van der Waals surface area contributed by atoms with Crippen molar-refractivity contribution in [3.63, 3.8) is 0 Å². The number of hydrogen-bond donors (Lipinski definition) is 1. The van der Waals surface area contributed by atoms with Gasteiger partial charge >= 0.3 is 0 Å². The molecule has 1 N–H and O–H groups in total. The summed E-state index contributed by atoms with van der Waals surface area (Å²) in [5, 5.41) is 3.37. The Morgan fingerprint density at radius 3 is 2.94 bits per heavy atom. The molecule has 1 aliphatic heterocycles. The monoisotopic (exact) mass is 253 g/mol.